The third-order valence-electron chi connectivity index (χ3n) is 1.75. The minimum atomic E-state index is -1.55. The summed E-state index contributed by atoms with van der Waals surface area (Å²) in [6, 6.07) is 10.0. The van der Waals surface area contributed by atoms with Gasteiger partial charge in [0.25, 0.3) is 0 Å². The first-order valence-electron chi connectivity index (χ1n) is 4.78. The number of hydrogen-bond acceptors (Lipinski definition) is 2. The summed E-state index contributed by atoms with van der Waals surface area (Å²) in [6.07, 6.45) is -0.220. The largest absolute Gasteiger partial charge is 0.390 e. The fourth-order valence-corrected chi connectivity index (χ4v) is 2.06. The summed E-state index contributed by atoms with van der Waals surface area (Å²) in [5.74, 6) is 0. The first-order valence-corrected chi connectivity index (χ1v) is 8.19. The van der Waals surface area contributed by atoms with Crippen molar-refractivity contribution in [1.82, 2.24) is 0 Å². The van der Waals surface area contributed by atoms with Gasteiger partial charge in [0.1, 0.15) is 0 Å². The maximum Gasteiger partial charge on any atom is 0.187 e. The first kappa shape index (κ1) is 11.4. The smallest absolute Gasteiger partial charge is 0.187 e. The molecule has 0 aliphatic rings. The first-order chi connectivity index (χ1) is 6.53. The summed E-state index contributed by atoms with van der Waals surface area (Å²) in [7, 11) is 0.129. The van der Waals surface area contributed by atoms with Crippen LogP contribution in [0.4, 0.5) is 0 Å². The Labute approximate surface area is 87.0 Å². The van der Waals surface area contributed by atoms with Crippen molar-refractivity contribution in [2.24, 2.45) is 0 Å². The number of rotatable bonds is 4. The Balaban J connectivity index is 2.73. The van der Waals surface area contributed by atoms with Crippen molar-refractivity contribution in [3.63, 3.8) is 0 Å². The third kappa shape index (κ3) is 3.62. The lowest BCUT2D eigenvalue weighted by Crippen LogP contribution is -2.28. The quantitative estimate of drug-likeness (QED) is 0.561. The highest BCUT2D eigenvalue weighted by Gasteiger charge is 2.21. The van der Waals surface area contributed by atoms with Crippen LogP contribution in [0.25, 0.3) is 0 Å². The molecule has 0 amide bonds. The molecule has 2 nitrogen and oxygen atoms in total. The molecule has 0 radical (unpaired) electrons. The van der Waals surface area contributed by atoms with Crippen LogP contribution in [0.1, 0.15) is 11.9 Å². The fraction of sp³-hybridized carbons (Fsp3) is 0.455. The summed E-state index contributed by atoms with van der Waals surface area (Å²) in [4.78, 5) is 0. The second kappa shape index (κ2) is 4.73. The van der Waals surface area contributed by atoms with E-state index in [1.165, 1.54) is 0 Å². The lowest BCUT2D eigenvalue weighted by molar-refractivity contribution is -0.0622. The summed E-state index contributed by atoms with van der Waals surface area (Å²) >= 11 is 0. The van der Waals surface area contributed by atoms with Gasteiger partial charge in [0.05, 0.1) is 0 Å². The Kier molecular flexibility index (Phi) is 3.86. The molecule has 0 aliphatic carbocycles. The molecule has 0 N–H and O–H groups in total. The molecular weight excluding hydrogens is 192 g/mol. The highest BCUT2D eigenvalue weighted by Crippen LogP contribution is 2.22. The molecule has 1 rings (SSSR count). The van der Waals surface area contributed by atoms with Crippen LogP contribution in [0.15, 0.2) is 30.3 Å². The minimum absolute atomic E-state index is 0.220. The van der Waals surface area contributed by atoms with Gasteiger partial charge in [0.2, 0.25) is 0 Å². The molecule has 0 aromatic heterocycles. The van der Waals surface area contributed by atoms with Crippen LogP contribution in [0.2, 0.25) is 19.6 Å². The zero-order chi connectivity index (χ0) is 10.6. The molecule has 0 spiro atoms. The van der Waals surface area contributed by atoms with E-state index in [4.69, 9.17) is 9.16 Å². The Morgan fingerprint density at radius 2 is 1.64 bits per heavy atom. The van der Waals surface area contributed by atoms with E-state index >= 15 is 0 Å². The number of hydrogen-bond donors (Lipinski definition) is 0. The summed E-state index contributed by atoms with van der Waals surface area (Å²) in [6.45, 7) is 6.46. The third-order valence-corrected chi connectivity index (χ3v) is 2.67. The maximum atomic E-state index is 5.89. The fourth-order valence-electron chi connectivity index (χ4n) is 1.18. The van der Waals surface area contributed by atoms with Crippen LogP contribution in [0.5, 0.6) is 0 Å². The molecule has 3 heteroatoms. The molecule has 0 fully saturated rings. The molecule has 0 aliphatic heterocycles. The van der Waals surface area contributed by atoms with Crippen molar-refractivity contribution in [1.29, 1.82) is 0 Å². The van der Waals surface area contributed by atoms with Crippen LogP contribution in [0.3, 0.4) is 0 Å². The van der Waals surface area contributed by atoms with E-state index in [9.17, 15) is 0 Å². The van der Waals surface area contributed by atoms with Gasteiger partial charge in [0, 0.05) is 12.7 Å². The average molecular weight is 210 g/mol. The van der Waals surface area contributed by atoms with Gasteiger partial charge in [-0.2, -0.15) is 0 Å². The van der Waals surface area contributed by atoms with Crippen LogP contribution >= 0.6 is 0 Å². The standard InChI is InChI=1S/C11H18O2Si/c1-12-11(13-14(2,3)4)10-8-6-5-7-9-10/h5-9,11H,1-4H3. The Hall–Kier alpha value is -0.643. The molecule has 14 heavy (non-hydrogen) atoms. The van der Waals surface area contributed by atoms with Crippen LogP contribution < -0.4 is 0 Å². The van der Waals surface area contributed by atoms with Crippen molar-refractivity contribution in [3.8, 4) is 0 Å². The van der Waals surface area contributed by atoms with Crippen LogP contribution in [0, 0.1) is 0 Å². The van der Waals surface area contributed by atoms with Gasteiger partial charge in [-0.15, -0.1) is 0 Å². The van der Waals surface area contributed by atoms with Crippen molar-refractivity contribution < 1.29 is 9.16 Å². The van der Waals surface area contributed by atoms with Crippen LogP contribution in [-0.2, 0) is 9.16 Å². The van der Waals surface area contributed by atoms with E-state index in [0.717, 1.165) is 5.56 Å². The van der Waals surface area contributed by atoms with Gasteiger partial charge >= 0.3 is 0 Å². The minimum Gasteiger partial charge on any atom is -0.390 e. The zero-order valence-electron chi connectivity index (χ0n) is 9.28. The number of ether oxygens (including phenoxy) is 1. The molecule has 78 valence electrons. The SMILES string of the molecule is COC(O[Si](C)(C)C)c1ccccc1. The molecule has 1 atom stereocenters. The predicted octanol–water partition coefficient (Wildman–Crippen LogP) is 3.18. The molecule has 0 heterocycles. The van der Waals surface area contributed by atoms with Gasteiger partial charge in [0.15, 0.2) is 14.6 Å². The Bertz CT molecular complexity index is 266. The van der Waals surface area contributed by atoms with Gasteiger partial charge in [-0.25, -0.2) is 0 Å². The van der Waals surface area contributed by atoms with E-state index < -0.39 is 8.32 Å². The molecule has 1 aromatic rings. The molecule has 0 saturated carbocycles. The van der Waals surface area contributed by atoms with E-state index in [0.29, 0.717) is 0 Å². The van der Waals surface area contributed by atoms with Gasteiger partial charge in [-0.1, -0.05) is 30.3 Å². The van der Waals surface area contributed by atoms with Crippen molar-refractivity contribution in [2.45, 2.75) is 25.9 Å². The van der Waals surface area contributed by atoms with Crippen molar-refractivity contribution in [2.75, 3.05) is 7.11 Å². The highest BCUT2D eigenvalue weighted by molar-refractivity contribution is 6.69. The second-order valence-corrected chi connectivity index (χ2v) is 8.67. The normalized spacial score (nSPS) is 14.0. The van der Waals surface area contributed by atoms with Gasteiger partial charge in [-0.3, -0.25) is 0 Å². The lowest BCUT2D eigenvalue weighted by Gasteiger charge is -2.25. The Morgan fingerprint density at radius 1 is 1.07 bits per heavy atom. The van der Waals surface area contributed by atoms with Gasteiger partial charge in [-0.05, 0) is 19.6 Å². The summed E-state index contributed by atoms with van der Waals surface area (Å²) in [5.41, 5.74) is 1.08. The summed E-state index contributed by atoms with van der Waals surface area (Å²) < 4.78 is 11.2. The van der Waals surface area contributed by atoms with Gasteiger partial charge < -0.3 is 9.16 Å². The Morgan fingerprint density at radius 3 is 2.07 bits per heavy atom. The topological polar surface area (TPSA) is 18.5 Å². The van der Waals surface area contributed by atoms with E-state index in [2.05, 4.69) is 19.6 Å². The molecule has 1 unspecified atom stereocenters. The predicted molar refractivity (Wildman–Crippen MR) is 60.6 cm³/mol. The van der Waals surface area contributed by atoms with Crippen LogP contribution in [-0.4, -0.2) is 15.4 Å². The average Bonchev–Trinajstić information content (AvgIpc) is 2.14. The highest BCUT2D eigenvalue weighted by atomic mass is 28.4. The van der Waals surface area contributed by atoms with Crippen molar-refractivity contribution >= 4 is 8.32 Å². The van der Waals surface area contributed by atoms with E-state index in [1.54, 1.807) is 7.11 Å². The molecule has 0 bridgehead atoms. The molecule has 0 saturated heterocycles. The zero-order valence-corrected chi connectivity index (χ0v) is 10.3. The van der Waals surface area contributed by atoms with E-state index in [-0.39, 0.29) is 6.29 Å². The lowest BCUT2D eigenvalue weighted by atomic mass is 10.2. The monoisotopic (exact) mass is 210 g/mol. The summed E-state index contributed by atoms with van der Waals surface area (Å²) in [5, 5.41) is 0. The number of benzene rings is 1. The van der Waals surface area contributed by atoms with E-state index in [1.807, 2.05) is 30.3 Å². The van der Waals surface area contributed by atoms with Crippen molar-refractivity contribution in [3.05, 3.63) is 35.9 Å². The number of methoxy groups -OCH3 is 1. The molecule has 1 aromatic carbocycles. The molecular formula is C11H18O2Si. The maximum absolute atomic E-state index is 5.89. The second-order valence-electron chi connectivity index (χ2n) is 4.21.